The third-order valence-corrected chi connectivity index (χ3v) is 10.1. The van der Waals surface area contributed by atoms with E-state index < -0.39 is 8.07 Å². The molecule has 0 aromatic carbocycles. The highest BCUT2D eigenvalue weighted by molar-refractivity contribution is 7.14. The van der Waals surface area contributed by atoms with E-state index in [9.17, 15) is 0 Å². The van der Waals surface area contributed by atoms with Crippen LogP contribution in [0.15, 0.2) is 12.1 Å². The summed E-state index contributed by atoms with van der Waals surface area (Å²) in [6, 6.07) is 5.54. The fraction of sp³-hybridized carbons (Fsp3) is 0.667. The third kappa shape index (κ3) is 3.08. The molecule has 0 aliphatic heterocycles. The summed E-state index contributed by atoms with van der Waals surface area (Å²) in [7, 11) is 0.548. The lowest BCUT2D eigenvalue weighted by molar-refractivity contribution is 0.427. The van der Waals surface area contributed by atoms with Crippen LogP contribution in [0.5, 0.6) is 5.06 Å². The molecular weight excluding hydrogens is 220 g/mol. The Bertz CT molecular complexity index is 323. The van der Waals surface area contributed by atoms with E-state index in [2.05, 4.69) is 46.0 Å². The van der Waals surface area contributed by atoms with E-state index >= 15 is 0 Å². The molecule has 0 atom stereocenters. The first-order valence-electron chi connectivity index (χ1n) is 5.39. The van der Waals surface area contributed by atoms with Crippen LogP contribution < -0.4 is 4.74 Å². The molecule has 0 unspecified atom stereocenters. The van der Waals surface area contributed by atoms with Gasteiger partial charge in [-0.3, -0.25) is 0 Å². The monoisotopic (exact) mass is 242 g/mol. The highest BCUT2D eigenvalue weighted by Gasteiger charge is 2.35. The highest BCUT2D eigenvalue weighted by atomic mass is 32.1. The Morgan fingerprint density at radius 1 is 1.27 bits per heavy atom. The molecule has 0 N–H and O–H groups in total. The summed E-state index contributed by atoms with van der Waals surface area (Å²) < 4.78 is 5.23. The normalized spacial score (nSPS) is 12.9. The molecule has 1 aromatic rings. The average molecular weight is 242 g/mol. The predicted octanol–water partition coefficient (Wildman–Crippen LogP) is 4.35. The maximum absolute atomic E-state index is 5.23. The molecule has 1 heterocycles. The molecule has 0 fully saturated rings. The van der Waals surface area contributed by atoms with E-state index in [1.807, 2.05) is 0 Å². The number of methoxy groups -OCH3 is 1. The van der Waals surface area contributed by atoms with Crippen LogP contribution >= 0.6 is 11.3 Å². The van der Waals surface area contributed by atoms with Crippen LogP contribution in [0.4, 0.5) is 0 Å². The van der Waals surface area contributed by atoms with Gasteiger partial charge in [-0.05, 0) is 23.2 Å². The molecule has 3 heteroatoms. The van der Waals surface area contributed by atoms with Gasteiger partial charge in [0.2, 0.25) is 0 Å². The van der Waals surface area contributed by atoms with E-state index in [4.69, 9.17) is 4.74 Å². The van der Waals surface area contributed by atoms with Crippen LogP contribution in [0, 0.1) is 0 Å². The Morgan fingerprint density at radius 3 is 2.27 bits per heavy atom. The zero-order valence-corrected chi connectivity index (χ0v) is 12.5. The summed E-state index contributed by atoms with van der Waals surface area (Å²) in [5, 5.41) is 1.49. The van der Waals surface area contributed by atoms with Gasteiger partial charge < -0.3 is 4.74 Å². The van der Waals surface area contributed by atoms with Gasteiger partial charge in [-0.1, -0.05) is 33.9 Å². The first-order valence-corrected chi connectivity index (χ1v) is 9.41. The lowest BCUT2D eigenvalue weighted by atomic mass is 10.2. The Balaban J connectivity index is 2.77. The second-order valence-corrected chi connectivity index (χ2v) is 12.5. The summed E-state index contributed by atoms with van der Waals surface area (Å²) >= 11 is 1.79. The zero-order valence-electron chi connectivity index (χ0n) is 10.7. The molecule has 1 rings (SSSR count). The Kier molecular flexibility index (Phi) is 3.66. The van der Waals surface area contributed by atoms with Crippen molar-refractivity contribution in [3.05, 3.63) is 17.0 Å². The van der Waals surface area contributed by atoms with Crippen molar-refractivity contribution in [3.8, 4) is 5.06 Å². The Labute approximate surface area is 98.5 Å². The van der Waals surface area contributed by atoms with Crippen molar-refractivity contribution in [1.82, 2.24) is 0 Å². The van der Waals surface area contributed by atoms with Gasteiger partial charge in [-0.2, -0.15) is 0 Å². The van der Waals surface area contributed by atoms with Crippen LogP contribution in [0.3, 0.4) is 0 Å². The summed E-state index contributed by atoms with van der Waals surface area (Å²) in [6.45, 7) is 12.0. The zero-order chi connectivity index (χ0) is 11.7. The van der Waals surface area contributed by atoms with E-state index in [-0.39, 0.29) is 0 Å². The minimum atomic E-state index is -1.19. The molecule has 0 saturated carbocycles. The van der Waals surface area contributed by atoms with Gasteiger partial charge in [-0.25, -0.2) is 0 Å². The second-order valence-electron chi connectivity index (χ2n) is 5.74. The van der Waals surface area contributed by atoms with Crippen LogP contribution in [0.1, 0.15) is 25.6 Å². The molecule has 0 bridgehead atoms. The molecule has 0 amide bonds. The predicted molar refractivity (Wildman–Crippen MR) is 71.8 cm³/mol. The van der Waals surface area contributed by atoms with Crippen molar-refractivity contribution in [2.45, 2.75) is 44.9 Å². The highest BCUT2D eigenvalue weighted by Crippen LogP contribution is 2.39. The molecule has 0 spiro atoms. The molecule has 86 valence electrons. The van der Waals surface area contributed by atoms with E-state index in [1.165, 1.54) is 10.9 Å². The molecular formula is C12H22OSSi. The van der Waals surface area contributed by atoms with Crippen molar-refractivity contribution in [1.29, 1.82) is 0 Å². The molecule has 15 heavy (non-hydrogen) atoms. The van der Waals surface area contributed by atoms with Crippen LogP contribution in [-0.4, -0.2) is 15.2 Å². The van der Waals surface area contributed by atoms with Crippen molar-refractivity contribution < 1.29 is 4.74 Å². The summed E-state index contributed by atoms with van der Waals surface area (Å²) in [4.78, 5) is 1.47. The van der Waals surface area contributed by atoms with E-state index in [1.54, 1.807) is 18.4 Å². The van der Waals surface area contributed by atoms with Gasteiger partial charge in [0.1, 0.15) is 0 Å². The number of ether oxygens (including phenoxy) is 1. The van der Waals surface area contributed by atoms with E-state index in [0.29, 0.717) is 5.04 Å². The largest absolute Gasteiger partial charge is 0.487 e. The van der Waals surface area contributed by atoms with Gasteiger partial charge in [0.15, 0.2) is 5.06 Å². The molecule has 1 aromatic heterocycles. The average Bonchev–Trinajstić information content (AvgIpc) is 2.49. The topological polar surface area (TPSA) is 9.23 Å². The van der Waals surface area contributed by atoms with Crippen LogP contribution in [0.25, 0.3) is 0 Å². The smallest absolute Gasteiger partial charge is 0.173 e. The molecule has 0 aliphatic rings. The number of rotatable bonds is 3. The van der Waals surface area contributed by atoms with Crippen molar-refractivity contribution in [2.24, 2.45) is 0 Å². The number of thiophene rings is 1. The van der Waals surface area contributed by atoms with Gasteiger partial charge >= 0.3 is 0 Å². The molecule has 0 saturated heterocycles. The minimum absolute atomic E-state index is 0.463. The van der Waals surface area contributed by atoms with E-state index in [0.717, 1.165) is 5.06 Å². The standard InChI is InChI=1S/C12H22OSSi/c1-12(2,3)15(5,6)9-10-7-8-11(13-4)14-10/h7-8H,9H2,1-6H3. The first kappa shape index (κ1) is 12.8. The molecule has 1 nitrogen and oxygen atoms in total. The van der Waals surface area contributed by atoms with Gasteiger partial charge in [0.05, 0.1) is 15.2 Å². The van der Waals surface area contributed by atoms with Gasteiger partial charge in [0.25, 0.3) is 0 Å². The first-order chi connectivity index (χ1) is 6.76. The third-order valence-electron chi connectivity index (χ3n) is 3.48. The Hall–Kier alpha value is -0.283. The second kappa shape index (κ2) is 4.30. The van der Waals surface area contributed by atoms with Gasteiger partial charge in [0, 0.05) is 4.88 Å². The van der Waals surface area contributed by atoms with Crippen molar-refractivity contribution in [3.63, 3.8) is 0 Å². The summed E-state index contributed by atoms with van der Waals surface area (Å²) in [5.41, 5.74) is 0. The maximum Gasteiger partial charge on any atom is 0.173 e. The lowest BCUT2D eigenvalue weighted by Gasteiger charge is -2.36. The van der Waals surface area contributed by atoms with Crippen LogP contribution in [0.2, 0.25) is 18.1 Å². The number of hydrogen-bond donors (Lipinski definition) is 0. The van der Waals surface area contributed by atoms with Gasteiger partial charge in [-0.15, -0.1) is 11.3 Å². The van der Waals surface area contributed by atoms with Crippen molar-refractivity contribution in [2.75, 3.05) is 7.11 Å². The summed E-state index contributed by atoms with van der Waals surface area (Å²) in [6.07, 6.45) is 0. The molecule has 0 aliphatic carbocycles. The fourth-order valence-corrected chi connectivity index (χ4v) is 4.77. The van der Waals surface area contributed by atoms with Crippen LogP contribution in [-0.2, 0) is 6.04 Å². The Morgan fingerprint density at radius 2 is 1.87 bits per heavy atom. The fourth-order valence-electron chi connectivity index (χ4n) is 1.26. The number of hydrogen-bond acceptors (Lipinski definition) is 2. The SMILES string of the molecule is COc1ccc(C[Si](C)(C)C(C)(C)C)s1. The molecule has 0 radical (unpaired) electrons. The maximum atomic E-state index is 5.23. The minimum Gasteiger partial charge on any atom is -0.487 e. The quantitative estimate of drug-likeness (QED) is 0.716. The summed E-state index contributed by atoms with van der Waals surface area (Å²) in [5.74, 6) is 0. The lowest BCUT2D eigenvalue weighted by Crippen LogP contribution is -2.39. The van der Waals surface area contributed by atoms with Crippen molar-refractivity contribution >= 4 is 19.4 Å².